The number of hydrogen-bond donors (Lipinski definition) is 1. The Hall–Kier alpha value is -2.14. The van der Waals surface area contributed by atoms with E-state index >= 15 is 0 Å². The molecule has 0 bridgehead atoms. The number of ether oxygens (including phenoxy) is 1. The number of carbonyl (C=O) groups is 1. The van der Waals surface area contributed by atoms with Crippen molar-refractivity contribution in [1.29, 1.82) is 0 Å². The van der Waals surface area contributed by atoms with Crippen molar-refractivity contribution in [1.82, 2.24) is 0 Å². The lowest BCUT2D eigenvalue weighted by molar-refractivity contribution is -0.115. The molecule has 23 heavy (non-hydrogen) atoms. The molecule has 0 fully saturated rings. The van der Waals surface area contributed by atoms with Crippen LogP contribution < -0.4 is 15.0 Å². The fourth-order valence-corrected chi connectivity index (χ4v) is 3.62. The monoisotopic (exact) mass is 328 g/mol. The van der Waals surface area contributed by atoms with Crippen LogP contribution in [0.25, 0.3) is 0 Å². The Labute approximate surface area is 140 Å². The lowest BCUT2D eigenvalue weighted by Gasteiger charge is -2.30. The molecule has 120 valence electrons. The third-order valence-electron chi connectivity index (χ3n) is 3.61. The number of carbonyl (C=O) groups excluding carboxylic acids is 1. The summed E-state index contributed by atoms with van der Waals surface area (Å²) in [7, 11) is 0. The molecule has 0 aliphatic carbocycles. The molecule has 2 aromatic rings. The molecule has 0 aromatic heterocycles. The van der Waals surface area contributed by atoms with Gasteiger partial charge in [-0.15, -0.1) is 11.8 Å². The highest BCUT2D eigenvalue weighted by Gasteiger charge is 2.19. The number of thioether (sulfide) groups is 1. The zero-order valence-corrected chi connectivity index (χ0v) is 13.9. The van der Waals surface area contributed by atoms with Gasteiger partial charge in [-0.25, -0.2) is 0 Å². The Morgan fingerprint density at radius 3 is 2.78 bits per heavy atom. The van der Waals surface area contributed by atoms with Gasteiger partial charge in [-0.05, 0) is 43.3 Å². The average Bonchev–Trinajstić information content (AvgIpc) is 2.57. The lowest BCUT2D eigenvalue weighted by Crippen LogP contribution is -2.36. The van der Waals surface area contributed by atoms with Gasteiger partial charge in [0.25, 0.3) is 0 Å². The molecule has 4 nitrogen and oxygen atoms in total. The van der Waals surface area contributed by atoms with Crippen molar-refractivity contribution >= 4 is 29.0 Å². The number of amides is 1. The predicted molar refractivity (Wildman–Crippen MR) is 95.6 cm³/mol. The minimum atomic E-state index is -0.00383. The first kappa shape index (κ1) is 15.7. The van der Waals surface area contributed by atoms with Crippen molar-refractivity contribution in [3.05, 3.63) is 48.5 Å². The van der Waals surface area contributed by atoms with Gasteiger partial charge in [0, 0.05) is 22.9 Å². The minimum absolute atomic E-state index is 0.00383. The molecule has 0 spiro atoms. The van der Waals surface area contributed by atoms with Crippen molar-refractivity contribution in [2.45, 2.75) is 11.8 Å². The van der Waals surface area contributed by atoms with Gasteiger partial charge in [-0.3, -0.25) is 4.79 Å². The molecule has 0 radical (unpaired) electrons. The summed E-state index contributed by atoms with van der Waals surface area (Å²) < 4.78 is 5.40. The fourth-order valence-electron chi connectivity index (χ4n) is 2.57. The van der Waals surface area contributed by atoms with Crippen LogP contribution in [0.3, 0.4) is 0 Å². The summed E-state index contributed by atoms with van der Waals surface area (Å²) in [6.07, 6.45) is 0. The highest BCUT2D eigenvalue weighted by Crippen LogP contribution is 2.34. The summed E-state index contributed by atoms with van der Waals surface area (Å²) in [5.41, 5.74) is 1.93. The molecule has 0 saturated carbocycles. The summed E-state index contributed by atoms with van der Waals surface area (Å²) in [5.74, 6) is 1.82. The Bertz CT molecular complexity index is 673. The second-order valence-electron chi connectivity index (χ2n) is 5.24. The second kappa shape index (κ2) is 7.42. The third-order valence-corrected chi connectivity index (χ3v) is 4.65. The maximum Gasteiger partial charge on any atom is 0.243 e. The minimum Gasteiger partial charge on any atom is -0.494 e. The van der Waals surface area contributed by atoms with Gasteiger partial charge < -0.3 is 15.0 Å². The number of nitrogens with one attached hydrogen (secondary N) is 1. The molecule has 3 rings (SSSR count). The first-order chi connectivity index (χ1) is 11.3. The number of fused-ring (bicyclic) bond motifs is 1. The Kier molecular flexibility index (Phi) is 5.08. The molecule has 1 amide bonds. The molecular formula is C18H20N2O2S. The largest absolute Gasteiger partial charge is 0.494 e. The summed E-state index contributed by atoms with van der Waals surface area (Å²) in [5, 5.41) is 2.95. The summed E-state index contributed by atoms with van der Waals surface area (Å²) in [6, 6.07) is 15.7. The topological polar surface area (TPSA) is 41.6 Å². The first-order valence-corrected chi connectivity index (χ1v) is 8.74. The predicted octanol–water partition coefficient (Wildman–Crippen LogP) is 3.64. The molecule has 0 saturated heterocycles. The molecule has 1 aliphatic heterocycles. The average molecular weight is 328 g/mol. The third kappa shape index (κ3) is 3.99. The summed E-state index contributed by atoms with van der Waals surface area (Å²) in [6.45, 7) is 3.84. The second-order valence-corrected chi connectivity index (χ2v) is 6.38. The van der Waals surface area contributed by atoms with Gasteiger partial charge in [0.05, 0.1) is 18.8 Å². The Morgan fingerprint density at radius 1 is 1.22 bits per heavy atom. The van der Waals surface area contributed by atoms with Crippen LogP contribution in [0.1, 0.15) is 6.92 Å². The van der Waals surface area contributed by atoms with Crippen LogP contribution in [0.2, 0.25) is 0 Å². The number of anilines is 2. The maximum atomic E-state index is 12.3. The maximum absolute atomic E-state index is 12.3. The Balaban J connectivity index is 1.62. The zero-order valence-electron chi connectivity index (χ0n) is 13.1. The lowest BCUT2D eigenvalue weighted by atomic mass is 10.2. The van der Waals surface area contributed by atoms with Gasteiger partial charge in [0.2, 0.25) is 5.91 Å². The van der Waals surface area contributed by atoms with Crippen LogP contribution in [-0.4, -0.2) is 31.4 Å². The van der Waals surface area contributed by atoms with Crippen LogP contribution in [-0.2, 0) is 4.79 Å². The van der Waals surface area contributed by atoms with Crippen LogP contribution in [0.4, 0.5) is 11.4 Å². The van der Waals surface area contributed by atoms with E-state index in [-0.39, 0.29) is 5.91 Å². The smallest absolute Gasteiger partial charge is 0.243 e. The van der Waals surface area contributed by atoms with Crippen LogP contribution >= 0.6 is 11.8 Å². The van der Waals surface area contributed by atoms with E-state index in [1.807, 2.05) is 55.1 Å². The molecule has 0 unspecified atom stereocenters. The van der Waals surface area contributed by atoms with Gasteiger partial charge in [0.1, 0.15) is 5.75 Å². The van der Waals surface area contributed by atoms with E-state index in [2.05, 4.69) is 22.3 Å². The van der Waals surface area contributed by atoms with Crippen molar-refractivity contribution in [3.8, 4) is 5.75 Å². The van der Waals surface area contributed by atoms with Crippen molar-refractivity contribution in [2.24, 2.45) is 0 Å². The zero-order chi connectivity index (χ0) is 16.1. The highest BCUT2D eigenvalue weighted by molar-refractivity contribution is 7.99. The first-order valence-electron chi connectivity index (χ1n) is 7.76. The molecule has 1 heterocycles. The number of nitrogens with zero attached hydrogens (tertiary/aromatic N) is 1. The molecular weight excluding hydrogens is 308 g/mol. The number of rotatable bonds is 5. The van der Waals surface area contributed by atoms with Gasteiger partial charge in [-0.1, -0.05) is 12.1 Å². The van der Waals surface area contributed by atoms with E-state index < -0.39 is 0 Å². The van der Waals surface area contributed by atoms with Gasteiger partial charge >= 0.3 is 0 Å². The Morgan fingerprint density at radius 2 is 2.00 bits per heavy atom. The molecule has 1 aliphatic rings. The highest BCUT2D eigenvalue weighted by atomic mass is 32.2. The molecule has 5 heteroatoms. The number of para-hydroxylation sites is 1. The quantitative estimate of drug-likeness (QED) is 0.910. The molecule has 0 atom stereocenters. The van der Waals surface area contributed by atoms with Crippen LogP contribution in [0, 0.1) is 0 Å². The standard InChI is InChI=1S/C18H20N2O2S/c1-2-22-15-9-7-14(8-10-15)19-18(21)13-20-11-12-23-17-6-4-3-5-16(17)20/h3-10H,2,11-13H2,1H3,(H,19,21). The van der Waals surface area contributed by atoms with Gasteiger partial charge in [0.15, 0.2) is 0 Å². The van der Waals surface area contributed by atoms with Crippen LogP contribution in [0.15, 0.2) is 53.4 Å². The molecule has 2 aromatic carbocycles. The molecule has 1 N–H and O–H groups in total. The van der Waals surface area contributed by atoms with Crippen molar-refractivity contribution < 1.29 is 9.53 Å². The van der Waals surface area contributed by atoms with E-state index in [4.69, 9.17) is 4.74 Å². The van der Waals surface area contributed by atoms with E-state index in [1.165, 1.54) is 4.90 Å². The van der Waals surface area contributed by atoms with Gasteiger partial charge in [-0.2, -0.15) is 0 Å². The van der Waals surface area contributed by atoms with E-state index in [1.54, 1.807) is 0 Å². The van der Waals surface area contributed by atoms with Crippen LogP contribution in [0.5, 0.6) is 5.75 Å². The summed E-state index contributed by atoms with van der Waals surface area (Å²) in [4.78, 5) is 15.7. The SMILES string of the molecule is CCOc1ccc(NC(=O)CN2CCSc3ccccc32)cc1. The van der Waals surface area contributed by atoms with E-state index in [9.17, 15) is 4.79 Å². The summed E-state index contributed by atoms with van der Waals surface area (Å²) >= 11 is 1.84. The number of hydrogen-bond acceptors (Lipinski definition) is 4. The number of benzene rings is 2. The van der Waals surface area contributed by atoms with Crippen molar-refractivity contribution in [2.75, 3.05) is 35.7 Å². The fraction of sp³-hybridized carbons (Fsp3) is 0.278. The van der Waals surface area contributed by atoms with Crippen molar-refractivity contribution in [3.63, 3.8) is 0 Å². The normalized spacial score (nSPS) is 13.3. The van der Waals surface area contributed by atoms with E-state index in [0.29, 0.717) is 13.2 Å². The van der Waals surface area contributed by atoms with E-state index in [0.717, 1.165) is 29.4 Å².